The average molecular weight is 351 g/mol. The van der Waals surface area contributed by atoms with Crippen LogP contribution in [0, 0.1) is 5.92 Å². The Kier molecular flexibility index (Phi) is 4.51. The van der Waals surface area contributed by atoms with Crippen LogP contribution in [0.1, 0.15) is 10.5 Å². The van der Waals surface area contributed by atoms with Crippen LogP contribution >= 0.6 is 0 Å². The van der Waals surface area contributed by atoms with E-state index in [9.17, 15) is 9.59 Å². The highest BCUT2D eigenvalue weighted by Gasteiger charge is 2.39. The number of hydrogen-bond donors (Lipinski definition) is 0. The van der Waals surface area contributed by atoms with E-state index in [1.54, 1.807) is 4.90 Å². The van der Waals surface area contributed by atoms with E-state index in [2.05, 4.69) is 27.0 Å². The summed E-state index contributed by atoms with van der Waals surface area (Å²) in [6, 6.07) is 10.3. The molecule has 2 saturated heterocycles. The Morgan fingerprint density at radius 2 is 1.65 bits per heavy atom. The summed E-state index contributed by atoms with van der Waals surface area (Å²) in [6.45, 7) is 4.06. The lowest BCUT2D eigenvalue weighted by Gasteiger charge is -2.43. The number of anilines is 1. The number of carbonyl (C=O) groups is 2. The predicted octanol–water partition coefficient (Wildman–Crippen LogP) is 0.897. The Hall–Kier alpha value is -2.96. The highest BCUT2D eigenvalue weighted by Crippen LogP contribution is 2.22. The normalized spacial score (nSPS) is 17.8. The van der Waals surface area contributed by atoms with Crippen LogP contribution in [0.25, 0.3) is 0 Å². The number of para-hydroxylation sites is 1. The second-order valence-electron chi connectivity index (χ2n) is 6.65. The molecular formula is C19H21N5O2. The SMILES string of the molecule is O=C(c1cnccn1)N1CC(C(=O)N2CCN(c3ccccc3)CC2)C1. The van der Waals surface area contributed by atoms with Crippen molar-refractivity contribution in [1.29, 1.82) is 0 Å². The molecule has 0 saturated carbocycles. The number of aromatic nitrogens is 2. The first-order valence-corrected chi connectivity index (χ1v) is 8.86. The summed E-state index contributed by atoms with van der Waals surface area (Å²) in [5.41, 5.74) is 1.53. The largest absolute Gasteiger partial charge is 0.368 e. The zero-order valence-electron chi connectivity index (χ0n) is 14.5. The van der Waals surface area contributed by atoms with Gasteiger partial charge < -0.3 is 14.7 Å². The van der Waals surface area contributed by atoms with Gasteiger partial charge in [-0.15, -0.1) is 0 Å². The van der Waals surface area contributed by atoms with Crippen molar-refractivity contribution in [1.82, 2.24) is 19.8 Å². The Bertz CT molecular complexity index is 769. The van der Waals surface area contributed by atoms with E-state index < -0.39 is 0 Å². The standard InChI is InChI=1S/C19H21N5O2/c25-18(15-13-24(14-15)19(26)17-12-20-6-7-21-17)23-10-8-22(9-11-23)16-4-2-1-3-5-16/h1-7,12,15H,8-11,13-14H2. The van der Waals surface area contributed by atoms with Gasteiger partial charge in [0.25, 0.3) is 5.91 Å². The topological polar surface area (TPSA) is 69.6 Å². The van der Waals surface area contributed by atoms with E-state index in [1.165, 1.54) is 24.3 Å². The summed E-state index contributed by atoms with van der Waals surface area (Å²) in [5, 5.41) is 0. The molecule has 7 nitrogen and oxygen atoms in total. The molecule has 0 radical (unpaired) electrons. The van der Waals surface area contributed by atoms with Crippen molar-refractivity contribution in [3.63, 3.8) is 0 Å². The molecule has 0 N–H and O–H groups in total. The second kappa shape index (κ2) is 7.11. The van der Waals surface area contributed by atoms with Crippen molar-refractivity contribution in [3.05, 3.63) is 54.6 Å². The van der Waals surface area contributed by atoms with Gasteiger partial charge >= 0.3 is 0 Å². The van der Waals surface area contributed by atoms with E-state index in [-0.39, 0.29) is 17.7 Å². The first-order chi connectivity index (χ1) is 12.7. The molecule has 0 aliphatic carbocycles. The maximum Gasteiger partial charge on any atom is 0.274 e. The lowest BCUT2D eigenvalue weighted by Crippen LogP contribution is -2.59. The monoisotopic (exact) mass is 351 g/mol. The molecule has 1 aromatic carbocycles. The molecule has 26 heavy (non-hydrogen) atoms. The van der Waals surface area contributed by atoms with E-state index in [0.29, 0.717) is 18.8 Å². The summed E-state index contributed by atoms with van der Waals surface area (Å²) in [7, 11) is 0. The predicted molar refractivity (Wildman–Crippen MR) is 96.7 cm³/mol. The molecule has 0 atom stereocenters. The summed E-state index contributed by atoms with van der Waals surface area (Å²) in [6.07, 6.45) is 4.50. The highest BCUT2D eigenvalue weighted by molar-refractivity contribution is 5.94. The zero-order valence-corrected chi connectivity index (χ0v) is 14.5. The molecule has 2 aliphatic rings. The summed E-state index contributed by atoms with van der Waals surface area (Å²) < 4.78 is 0. The molecule has 2 amide bonds. The van der Waals surface area contributed by atoms with Crippen LogP contribution in [0.15, 0.2) is 48.9 Å². The molecule has 0 bridgehead atoms. The van der Waals surface area contributed by atoms with Gasteiger partial charge in [-0.25, -0.2) is 4.98 Å². The van der Waals surface area contributed by atoms with Crippen molar-refractivity contribution in [3.8, 4) is 0 Å². The third-order valence-corrected chi connectivity index (χ3v) is 5.01. The van der Waals surface area contributed by atoms with Crippen LogP contribution in [-0.2, 0) is 4.79 Å². The van der Waals surface area contributed by atoms with Crippen molar-refractivity contribution >= 4 is 17.5 Å². The first-order valence-electron chi connectivity index (χ1n) is 8.86. The highest BCUT2D eigenvalue weighted by atomic mass is 16.2. The van der Waals surface area contributed by atoms with Gasteiger partial charge in [0.2, 0.25) is 5.91 Å². The molecule has 0 unspecified atom stereocenters. The van der Waals surface area contributed by atoms with Gasteiger partial charge in [-0.2, -0.15) is 0 Å². The number of nitrogens with zero attached hydrogens (tertiary/aromatic N) is 5. The van der Waals surface area contributed by atoms with Gasteiger partial charge in [-0.3, -0.25) is 14.6 Å². The number of benzene rings is 1. The Labute approximate surface area is 152 Å². The zero-order chi connectivity index (χ0) is 17.9. The Morgan fingerprint density at radius 1 is 0.923 bits per heavy atom. The molecule has 134 valence electrons. The van der Waals surface area contributed by atoms with Gasteiger partial charge in [0, 0.05) is 57.3 Å². The van der Waals surface area contributed by atoms with Crippen molar-refractivity contribution in [2.24, 2.45) is 5.92 Å². The van der Waals surface area contributed by atoms with Crippen molar-refractivity contribution < 1.29 is 9.59 Å². The minimum Gasteiger partial charge on any atom is -0.368 e. The number of likely N-dealkylation sites (tertiary alicyclic amines) is 1. The van der Waals surface area contributed by atoms with Crippen LogP contribution < -0.4 is 4.90 Å². The van der Waals surface area contributed by atoms with Gasteiger partial charge in [0.05, 0.1) is 12.1 Å². The summed E-state index contributed by atoms with van der Waals surface area (Å²) in [4.78, 5) is 38.8. The lowest BCUT2D eigenvalue weighted by molar-refractivity contribution is -0.140. The van der Waals surface area contributed by atoms with Crippen LogP contribution in [0.2, 0.25) is 0 Å². The maximum absolute atomic E-state index is 12.7. The average Bonchev–Trinajstić information content (AvgIpc) is 2.68. The van der Waals surface area contributed by atoms with Gasteiger partial charge in [0.1, 0.15) is 5.69 Å². The van der Waals surface area contributed by atoms with E-state index in [0.717, 1.165) is 26.2 Å². The number of carbonyl (C=O) groups excluding carboxylic acids is 2. The first kappa shape index (κ1) is 16.5. The van der Waals surface area contributed by atoms with Crippen molar-refractivity contribution in [2.75, 3.05) is 44.2 Å². The van der Waals surface area contributed by atoms with Gasteiger partial charge in [-0.1, -0.05) is 18.2 Å². The molecule has 0 spiro atoms. The molecular weight excluding hydrogens is 330 g/mol. The van der Waals surface area contributed by atoms with E-state index >= 15 is 0 Å². The number of piperazine rings is 1. The van der Waals surface area contributed by atoms with E-state index in [4.69, 9.17) is 0 Å². The molecule has 2 aromatic rings. The van der Waals surface area contributed by atoms with Crippen LogP contribution in [-0.4, -0.2) is 70.9 Å². The summed E-state index contributed by atoms with van der Waals surface area (Å²) >= 11 is 0. The number of rotatable bonds is 3. The minimum atomic E-state index is -0.156. The third kappa shape index (κ3) is 3.24. The third-order valence-electron chi connectivity index (χ3n) is 5.01. The summed E-state index contributed by atoms with van der Waals surface area (Å²) in [5.74, 6) is -0.101. The maximum atomic E-state index is 12.7. The molecule has 1 aromatic heterocycles. The Balaban J connectivity index is 1.27. The molecule has 2 fully saturated rings. The molecule has 7 heteroatoms. The molecule has 3 heterocycles. The van der Waals surface area contributed by atoms with Crippen LogP contribution in [0.5, 0.6) is 0 Å². The van der Waals surface area contributed by atoms with E-state index in [1.807, 2.05) is 23.1 Å². The lowest BCUT2D eigenvalue weighted by atomic mass is 9.97. The van der Waals surface area contributed by atoms with Gasteiger partial charge in [-0.05, 0) is 12.1 Å². The minimum absolute atomic E-state index is 0.0982. The molecule has 2 aliphatic heterocycles. The smallest absolute Gasteiger partial charge is 0.274 e. The van der Waals surface area contributed by atoms with Crippen LogP contribution in [0.3, 0.4) is 0 Å². The number of amides is 2. The fourth-order valence-electron chi connectivity index (χ4n) is 3.45. The fraction of sp³-hybridized carbons (Fsp3) is 0.368. The second-order valence-corrected chi connectivity index (χ2v) is 6.65. The quantitative estimate of drug-likeness (QED) is 0.822. The van der Waals surface area contributed by atoms with Crippen molar-refractivity contribution in [2.45, 2.75) is 0 Å². The number of hydrogen-bond acceptors (Lipinski definition) is 5. The molecule has 4 rings (SSSR count). The Morgan fingerprint density at radius 3 is 2.31 bits per heavy atom. The van der Waals surface area contributed by atoms with Gasteiger partial charge in [0.15, 0.2) is 0 Å². The fourth-order valence-corrected chi connectivity index (χ4v) is 3.45. The van der Waals surface area contributed by atoms with Crippen LogP contribution in [0.4, 0.5) is 5.69 Å².